The Balaban J connectivity index is 2.12. The van der Waals surface area contributed by atoms with Gasteiger partial charge < -0.3 is 15.0 Å². The Morgan fingerprint density at radius 3 is 3.00 bits per heavy atom. The van der Waals surface area contributed by atoms with Crippen LogP contribution in [0.3, 0.4) is 0 Å². The number of aromatic nitrogens is 1. The third-order valence-electron chi connectivity index (χ3n) is 3.26. The number of rotatable bonds is 3. The van der Waals surface area contributed by atoms with E-state index in [1.807, 2.05) is 32.6 Å². The monoisotopic (exact) mass is 235 g/mol. The molecule has 1 aromatic rings. The summed E-state index contributed by atoms with van der Waals surface area (Å²) in [5, 5.41) is 3.60. The van der Waals surface area contributed by atoms with Gasteiger partial charge in [-0.15, -0.1) is 0 Å². The van der Waals surface area contributed by atoms with Crippen molar-refractivity contribution in [3.05, 3.63) is 18.5 Å². The zero-order valence-corrected chi connectivity index (χ0v) is 10.8. The van der Waals surface area contributed by atoms with Crippen molar-refractivity contribution in [2.75, 3.05) is 37.5 Å². The van der Waals surface area contributed by atoms with Crippen LogP contribution in [0.5, 0.6) is 0 Å². The highest BCUT2D eigenvalue weighted by Crippen LogP contribution is 2.26. The summed E-state index contributed by atoms with van der Waals surface area (Å²) >= 11 is 0. The molecule has 0 radical (unpaired) electrons. The van der Waals surface area contributed by atoms with Crippen molar-refractivity contribution in [3.63, 3.8) is 0 Å². The summed E-state index contributed by atoms with van der Waals surface area (Å²) in [6, 6.07) is 2.51. The SMILES string of the molecule is CC1COCCC1Nc1cnccc1N(C)C. The standard InChI is InChI=1S/C13H21N3O/c1-10-9-17-7-5-11(10)15-12-8-14-6-4-13(12)16(2)3/h4,6,8,10-11,15H,5,7,9H2,1-3H3. The Hall–Kier alpha value is -1.29. The van der Waals surface area contributed by atoms with Crippen molar-refractivity contribution in [3.8, 4) is 0 Å². The molecule has 4 nitrogen and oxygen atoms in total. The molecule has 0 aliphatic carbocycles. The molecule has 0 spiro atoms. The third kappa shape index (κ3) is 2.88. The number of hydrogen-bond acceptors (Lipinski definition) is 4. The number of nitrogens with one attached hydrogen (secondary N) is 1. The Kier molecular flexibility index (Phi) is 3.84. The molecule has 17 heavy (non-hydrogen) atoms. The van der Waals surface area contributed by atoms with Gasteiger partial charge in [0.2, 0.25) is 0 Å². The largest absolute Gasteiger partial charge is 0.381 e. The Bertz CT molecular complexity index is 367. The Morgan fingerprint density at radius 2 is 2.29 bits per heavy atom. The molecule has 0 amide bonds. The second-order valence-electron chi connectivity index (χ2n) is 4.88. The summed E-state index contributed by atoms with van der Waals surface area (Å²) in [6.07, 6.45) is 4.79. The van der Waals surface area contributed by atoms with Gasteiger partial charge in [0.15, 0.2) is 0 Å². The molecule has 1 aliphatic rings. The predicted molar refractivity (Wildman–Crippen MR) is 70.6 cm³/mol. The zero-order valence-electron chi connectivity index (χ0n) is 10.8. The maximum absolute atomic E-state index is 5.46. The van der Waals surface area contributed by atoms with Crippen LogP contribution in [0.25, 0.3) is 0 Å². The normalized spacial score (nSPS) is 24.4. The van der Waals surface area contributed by atoms with Crippen LogP contribution in [0.1, 0.15) is 13.3 Å². The van der Waals surface area contributed by atoms with Crippen LogP contribution in [-0.2, 0) is 4.74 Å². The molecule has 2 unspecified atom stereocenters. The Labute approximate surface area is 103 Å². The first kappa shape index (κ1) is 12.2. The number of anilines is 2. The minimum Gasteiger partial charge on any atom is -0.381 e. The first-order valence-electron chi connectivity index (χ1n) is 6.14. The number of ether oxygens (including phenoxy) is 1. The van der Waals surface area contributed by atoms with Gasteiger partial charge in [-0.2, -0.15) is 0 Å². The topological polar surface area (TPSA) is 37.4 Å². The van der Waals surface area contributed by atoms with Crippen molar-refractivity contribution in [2.24, 2.45) is 5.92 Å². The Morgan fingerprint density at radius 1 is 1.47 bits per heavy atom. The lowest BCUT2D eigenvalue weighted by Crippen LogP contribution is -2.36. The highest BCUT2D eigenvalue weighted by atomic mass is 16.5. The van der Waals surface area contributed by atoms with E-state index in [-0.39, 0.29) is 0 Å². The molecule has 2 rings (SSSR count). The summed E-state index contributed by atoms with van der Waals surface area (Å²) < 4.78 is 5.46. The van der Waals surface area contributed by atoms with Gasteiger partial charge in [-0.3, -0.25) is 4.98 Å². The molecular weight excluding hydrogens is 214 g/mol. The van der Waals surface area contributed by atoms with E-state index in [1.165, 1.54) is 5.69 Å². The van der Waals surface area contributed by atoms with Gasteiger partial charge in [0.25, 0.3) is 0 Å². The summed E-state index contributed by atoms with van der Waals surface area (Å²) in [7, 11) is 4.10. The third-order valence-corrected chi connectivity index (χ3v) is 3.26. The van der Waals surface area contributed by atoms with E-state index >= 15 is 0 Å². The van der Waals surface area contributed by atoms with Crippen molar-refractivity contribution in [1.29, 1.82) is 0 Å². The summed E-state index contributed by atoms with van der Waals surface area (Å²) in [4.78, 5) is 6.30. The van der Waals surface area contributed by atoms with Gasteiger partial charge in [0, 0.05) is 32.9 Å². The molecule has 0 saturated carbocycles. The van der Waals surface area contributed by atoms with Crippen LogP contribution in [0, 0.1) is 5.92 Å². The van der Waals surface area contributed by atoms with Crippen molar-refractivity contribution in [1.82, 2.24) is 4.98 Å². The van der Waals surface area contributed by atoms with E-state index in [9.17, 15) is 0 Å². The maximum Gasteiger partial charge on any atom is 0.0766 e. The number of nitrogens with zero attached hydrogens (tertiary/aromatic N) is 2. The molecule has 1 saturated heterocycles. The van der Waals surface area contributed by atoms with Gasteiger partial charge in [-0.1, -0.05) is 6.92 Å². The molecule has 2 atom stereocenters. The van der Waals surface area contributed by atoms with Crippen molar-refractivity contribution in [2.45, 2.75) is 19.4 Å². The molecule has 1 fully saturated rings. The van der Waals surface area contributed by atoms with E-state index in [1.54, 1.807) is 0 Å². The highest BCUT2D eigenvalue weighted by molar-refractivity contribution is 5.68. The van der Waals surface area contributed by atoms with E-state index < -0.39 is 0 Å². The molecule has 1 N–H and O–H groups in total. The first-order chi connectivity index (χ1) is 8.18. The molecule has 0 bridgehead atoms. The molecule has 2 heterocycles. The summed E-state index contributed by atoms with van der Waals surface area (Å²) in [5.74, 6) is 0.541. The summed E-state index contributed by atoms with van der Waals surface area (Å²) in [6.45, 7) is 3.91. The van der Waals surface area contributed by atoms with Gasteiger partial charge >= 0.3 is 0 Å². The second-order valence-corrected chi connectivity index (χ2v) is 4.88. The molecular formula is C13H21N3O. The lowest BCUT2D eigenvalue weighted by Gasteiger charge is -2.31. The van der Waals surface area contributed by atoms with E-state index in [2.05, 4.69) is 22.1 Å². The van der Waals surface area contributed by atoms with E-state index in [0.29, 0.717) is 12.0 Å². The smallest absolute Gasteiger partial charge is 0.0766 e. The number of pyridine rings is 1. The quantitative estimate of drug-likeness (QED) is 0.869. The van der Waals surface area contributed by atoms with Gasteiger partial charge in [-0.25, -0.2) is 0 Å². The van der Waals surface area contributed by atoms with Crippen LogP contribution in [0.15, 0.2) is 18.5 Å². The fourth-order valence-corrected chi connectivity index (χ4v) is 2.18. The van der Waals surface area contributed by atoms with Crippen LogP contribution in [0.4, 0.5) is 11.4 Å². The predicted octanol–water partition coefficient (Wildman–Crippen LogP) is 1.98. The maximum atomic E-state index is 5.46. The minimum atomic E-state index is 0.478. The van der Waals surface area contributed by atoms with Gasteiger partial charge in [0.1, 0.15) is 0 Å². The van der Waals surface area contributed by atoms with Crippen molar-refractivity contribution >= 4 is 11.4 Å². The number of hydrogen-bond donors (Lipinski definition) is 1. The van der Waals surface area contributed by atoms with E-state index in [0.717, 1.165) is 25.3 Å². The van der Waals surface area contributed by atoms with E-state index in [4.69, 9.17) is 4.74 Å². The van der Waals surface area contributed by atoms with Crippen molar-refractivity contribution < 1.29 is 4.74 Å². The van der Waals surface area contributed by atoms with Crippen LogP contribution < -0.4 is 10.2 Å². The zero-order chi connectivity index (χ0) is 12.3. The molecule has 4 heteroatoms. The molecule has 94 valence electrons. The first-order valence-corrected chi connectivity index (χ1v) is 6.14. The minimum absolute atomic E-state index is 0.478. The lowest BCUT2D eigenvalue weighted by molar-refractivity contribution is 0.0538. The average Bonchev–Trinajstić information content (AvgIpc) is 2.32. The fraction of sp³-hybridized carbons (Fsp3) is 0.615. The molecule has 0 aromatic carbocycles. The van der Waals surface area contributed by atoms with Crippen LogP contribution in [-0.4, -0.2) is 38.3 Å². The molecule has 1 aromatic heterocycles. The highest BCUT2D eigenvalue weighted by Gasteiger charge is 2.22. The second kappa shape index (κ2) is 5.36. The lowest BCUT2D eigenvalue weighted by atomic mass is 9.97. The van der Waals surface area contributed by atoms with Crippen LogP contribution >= 0.6 is 0 Å². The summed E-state index contributed by atoms with van der Waals surface area (Å²) in [5.41, 5.74) is 2.29. The molecule has 1 aliphatic heterocycles. The van der Waals surface area contributed by atoms with Gasteiger partial charge in [-0.05, 0) is 18.4 Å². The average molecular weight is 235 g/mol. The fourth-order valence-electron chi connectivity index (χ4n) is 2.18. The van der Waals surface area contributed by atoms with Gasteiger partial charge in [0.05, 0.1) is 24.2 Å². The van der Waals surface area contributed by atoms with Crippen LogP contribution in [0.2, 0.25) is 0 Å².